The number of hydrogen-bond donors (Lipinski definition) is 3. The normalized spacial score (nSPS) is 23.1. The fourth-order valence-corrected chi connectivity index (χ4v) is 2.92. The maximum Gasteiger partial charge on any atom is 0.306 e. The summed E-state index contributed by atoms with van der Waals surface area (Å²) in [7, 11) is 0. The number of phenolic OH excluding ortho intramolecular Hbond substituents is 1. The Hall–Kier alpha value is -1.13. The molecule has 0 spiro atoms. The van der Waals surface area contributed by atoms with Gasteiger partial charge in [-0.25, -0.2) is 0 Å². The molecule has 1 saturated carbocycles. The highest BCUT2D eigenvalue weighted by Gasteiger charge is 2.27. The Labute approximate surface area is 121 Å². The van der Waals surface area contributed by atoms with E-state index in [1.165, 1.54) is 0 Å². The molecule has 2 atom stereocenters. The summed E-state index contributed by atoms with van der Waals surface area (Å²) >= 11 is 11.7. The number of carbonyl (C=O) groups is 1. The van der Waals surface area contributed by atoms with Gasteiger partial charge in [0.1, 0.15) is 0 Å². The van der Waals surface area contributed by atoms with E-state index >= 15 is 0 Å². The Morgan fingerprint density at radius 3 is 2.47 bits per heavy atom. The molecule has 0 radical (unpaired) electrons. The minimum absolute atomic E-state index is 0.0894. The predicted molar refractivity (Wildman–Crippen MR) is 75.1 cm³/mol. The number of phenols is 1. The molecule has 1 aliphatic rings. The molecule has 2 unspecified atom stereocenters. The van der Waals surface area contributed by atoms with Crippen LogP contribution in [-0.2, 0) is 4.79 Å². The third kappa shape index (κ3) is 3.45. The Balaban J connectivity index is 2.07. The van der Waals surface area contributed by atoms with Crippen molar-refractivity contribution in [1.29, 1.82) is 0 Å². The molecule has 3 N–H and O–H groups in total. The Bertz CT molecular complexity index is 470. The number of aliphatic carboxylic acids is 1. The second kappa shape index (κ2) is 5.88. The zero-order chi connectivity index (χ0) is 14.0. The van der Waals surface area contributed by atoms with Gasteiger partial charge in [0.2, 0.25) is 0 Å². The zero-order valence-electron chi connectivity index (χ0n) is 10.2. The lowest BCUT2D eigenvalue weighted by Gasteiger charge is -2.28. The zero-order valence-corrected chi connectivity index (χ0v) is 11.7. The molecule has 6 heteroatoms. The minimum Gasteiger partial charge on any atom is -0.505 e. The largest absolute Gasteiger partial charge is 0.505 e. The number of halogens is 2. The van der Waals surface area contributed by atoms with Gasteiger partial charge in [-0.3, -0.25) is 4.79 Å². The van der Waals surface area contributed by atoms with Gasteiger partial charge >= 0.3 is 5.97 Å². The molecule has 1 aromatic carbocycles. The lowest BCUT2D eigenvalue weighted by Crippen LogP contribution is -2.30. The van der Waals surface area contributed by atoms with Crippen molar-refractivity contribution >= 4 is 34.9 Å². The highest BCUT2D eigenvalue weighted by atomic mass is 35.5. The first-order chi connectivity index (χ1) is 8.97. The third-order valence-electron chi connectivity index (χ3n) is 3.41. The average molecular weight is 304 g/mol. The standard InChI is InChI=1S/C13H15Cl2NO3/c14-10-5-9(6-11(15)12(10)17)16-8-3-1-2-7(4-8)13(18)19/h5-8,16-17H,1-4H2,(H,18,19). The summed E-state index contributed by atoms with van der Waals surface area (Å²) in [5.41, 5.74) is 0.698. The van der Waals surface area contributed by atoms with E-state index in [9.17, 15) is 9.90 Å². The van der Waals surface area contributed by atoms with Crippen molar-refractivity contribution in [3.8, 4) is 5.75 Å². The van der Waals surface area contributed by atoms with E-state index in [4.69, 9.17) is 28.3 Å². The summed E-state index contributed by atoms with van der Waals surface area (Å²) in [6, 6.07) is 3.27. The maximum atomic E-state index is 11.0. The van der Waals surface area contributed by atoms with Crippen molar-refractivity contribution in [1.82, 2.24) is 0 Å². The van der Waals surface area contributed by atoms with Crippen LogP contribution in [0.15, 0.2) is 12.1 Å². The minimum atomic E-state index is -0.742. The van der Waals surface area contributed by atoms with Crippen molar-refractivity contribution in [2.24, 2.45) is 5.92 Å². The molecule has 2 rings (SSSR count). The van der Waals surface area contributed by atoms with Crippen molar-refractivity contribution in [3.05, 3.63) is 22.2 Å². The van der Waals surface area contributed by atoms with E-state index in [0.29, 0.717) is 12.1 Å². The van der Waals surface area contributed by atoms with Crippen LogP contribution in [0.3, 0.4) is 0 Å². The molecule has 0 aromatic heterocycles. The van der Waals surface area contributed by atoms with E-state index in [-0.39, 0.29) is 27.8 Å². The second-order valence-corrected chi connectivity index (χ2v) is 5.65. The van der Waals surface area contributed by atoms with Crippen LogP contribution in [0.25, 0.3) is 0 Å². The first-order valence-electron chi connectivity index (χ1n) is 6.14. The summed E-state index contributed by atoms with van der Waals surface area (Å²) in [6.07, 6.45) is 3.12. The fourth-order valence-electron chi connectivity index (χ4n) is 2.43. The molecular formula is C13H15Cl2NO3. The van der Waals surface area contributed by atoms with Gasteiger partial charge in [-0.05, 0) is 31.4 Å². The molecule has 0 saturated heterocycles. The molecule has 0 amide bonds. The van der Waals surface area contributed by atoms with Crippen LogP contribution >= 0.6 is 23.2 Å². The Morgan fingerprint density at radius 1 is 1.26 bits per heavy atom. The monoisotopic (exact) mass is 303 g/mol. The highest BCUT2D eigenvalue weighted by Crippen LogP contribution is 2.36. The number of carboxylic acids is 1. The average Bonchev–Trinajstić information content (AvgIpc) is 2.36. The maximum absolute atomic E-state index is 11.0. The van der Waals surface area contributed by atoms with Gasteiger partial charge in [-0.2, -0.15) is 0 Å². The Kier molecular flexibility index (Phi) is 4.42. The van der Waals surface area contributed by atoms with E-state index < -0.39 is 5.97 Å². The summed E-state index contributed by atoms with van der Waals surface area (Å²) in [5.74, 6) is -1.18. The summed E-state index contributed by atoms with van der Waals surface area (Å²) in [4.78, 5) is 11.0. The van der Waals surface area contributed by atoms with Crippen LogP contribution in [0.5, 0.6) is 5.75 Å². The van der Waals surface area contributed by atoms with Crippen LogP contribution in [0.1, 0.15) is 25.7 Å². The van der Waals surface area contributed by atoms with Gasteiger partial charge in [-0.1, -0.05) is 29.6 Å². The van der Waals surface area contributed by atoms with Crippen LogP contribution in [0.2, 0.25) is 10.0 Å². The molecule has 0 heterocycles. The lowest BCUT2D eigenvalue weighted by atomic mass is 9.85. The number of nitrogens with one attached hydrogen (secondary N) is 1. The summed E-state index contributed by atoms with van der Waals surface area (Å²) in [6.45, 7) is 0. The first kappa shape index (κ1) is 14.3. The molecule has 1 fully saturated rings. The number of carboxylic acid groups (broad SMARTS) is 1. The van der Waals surface area contributed by atoms with E-state index in [0.717, 1.165) is 19.3 Å². The number of benzene rings is 1. The highest BCUT2D eigenvalue weighted by molar-refractivity contribution is 6.37. The topological polar surface area (TPSA) is 69.6 Å². The van der Waals surface area contributed by atoms with Gasteiger partial charge in [0, 0.05) is 11.7 Å². The van der Waals surface area contributed by atoms with Crippen LogP contribution in [0, 0.1) is 5.92 Å². The SMILES string of the molecule is O=C(O)C1CCCC(Nc2cc(Cl)c(O)c(Cl)c2)C1. The molecule has 0 aliphatic heterocycles. The fraction of sp³-hybridized carbons (Fsp3) is 0.462. The number of anilines is 1. The van der Waals surface area contributed by atoms with Crippen molar-refractivity contribution in [3.63, 3.8) is 0 Å². The van der Waals surface area contributed by atoms with Gasteiger partial charge in [0.25, 0.3) is 0 Å². The summed E-state index contributed by atoms with van der Waals surface area (Å²) < 4.78 is 0. The van der Waals surface area contributed by atoms with E-state index in [1.807, 2.05) is 0 Å². The Morgan fingerprint density at radius 2 is 1.89 bits per heavy atom. The molecule has 1 aromatic rings. The van der Waals surface area contributed by atoms with Gasteiger partial charge in [-0.15, -0.1) is 0 Å². The van der Waals surface area contributed by atoms with Crippen LogP contribution in [0.4, 0.5) is 5.69 Å². The number of hydrogen-bond acceptors (Lipinski definition) is 3. The van der Waals surface area contributed by atoms with Crippen molar-refractivity contribution < 1.29 is 15.0 Å². The molecule has 1 aliphatic carbocycles. The quantitative estimate of drug-likeness (QED) is 0.744. The van der Waals surface area contributed by atoms with Gasteiger partial charge in [0.15, 0.2) is 5.75 Å². The molecule has 19 heavy (non-hydrogen) atoms. The molecule has 0 bridgehead atoms. The molecular weight excluding hydrogens is 289 g/mol. The number of aromatic hydroxyl groups is 1. The third-order valence-corrected chi connectivity index (χ3v) is 3.99. The van der Waals surface area contributed by atoms with E-state index in [1.54, 1.807) is 12.1 Å². The van der Waals surface area contributed by atoms with Crippen LogP contribution < -0.4 is 5.32 Å². The second-order valence-electron chi connectivity index (χ2n) is 4.83. The summed E-state index contributed by atoms with van der Waals surface area (Å²) in [5, 5.41) is 22.1. The predicted octanol–water partition coefficient (Wildman–Crippen LogP) is 3.75. The van der Waals surface area contributed by atoms with Gasteiger partial charge in [0.05, 0.1) is 16.0 Å². The molecule has 104 valence electrons. The number of rotatable bonds is 3. The van der Waals surface area contributed by atoms with Crippen LogP contribution in [-0.4, -0.2) is 22.2 Å². The van der Waals surface area contributed by atoms with E-state index in [2.05, 4.69) is 5.32 Å². The van der Waals surface area contributed by atoms with Crippen molar-refractivity contribution in [2.45, 2.75) is 31.7 Å². The lowest BCUT2D eigenvalue weighted by molar-refractivity contribution is -0.142. The molecule has 4 nitrogen and oxygen atoms in total. The smallest absolute Gasteiger partial charge is 0.306 e. The van der Waals surface area contributed by atoms with Gasteiger partial charge < -0.3 is 15.5 Å². The van der Waals surface area contributed by atoms with Crippen molar-refractivity contribution in [2.75, 3.05) is 5.32 Å². The first-order valence-corrected chi connectivity index (χ1v) is 6.90.